The zero-order valence-electron chi connectivity index (χ0n) is 15.8. The normalized spacial score (nSPS) is 15.4. The first kappa shape index (κ1) is 21.0. The molecule has 0 spiro atoms. The van der Waals surface area contributed by atoms with Crippen LogP contribution in [0.3, 0.4) is 0 Å². The number of aromatic nitrogens is 1. The van der Waals surface area contributed by atoms with E-state index in [0.717, 1.165) is 11.1 Å². The number of hydrogen-bond donors (Lipinski definition) is 1. The molecule has 1 aromatic carbocycles. The molecule has 0 bridgehead atoms. The average Bonchev–Trinajstić information content (AvgIpc) is 3.08. The number of aliphatic hydroxyl groups excluding tert-OH is 1. The fourth-order valence-electron chi connectivity index (χ4n) is 3.10. The summed E-state index contributed by atoms with van der Waals surface area (Å²) in [6, 6.07) is 11.5. The van der Waals surface area contributed by atoms with E-state index in [1.165, 1.54) is 6.20 Å². The highest BCUT2D eigenvalue weighted by molar-refractivity contribution is 5.97. The SMILES string of the molecule is C[C@@H](CC(=O)Cc1cc2c(cn1)C(OC[C@H](O)C(F)(F)F)=NC2)c1ccccc1. The van der Waals surface area contributed by atoms with Gasteiger partial charge in [-0.15, -0.1) is 0 Å². The Bertz CT molecular complexity index is 898. The van der Waals surface area contributed by atoms with Gasteiger partial charge in [0.1, 0.15) is 12.4 Å². The molecule has 2 aromatic rings. The summed E-state index contributed by atoms with van der Waals surface area (Å²) in [6.07, 6.45) is -5.31. The summed E-state index contributed by atoms with van der Waals surface area (Å²) in [4.78, 5) is 20.7. The molecule has 0 saturated carbocycles. The fourth-order valence-corrected chi connectivity index (χ4v) is 3.10. The molecule has 1 aromatic heterocycles. The molecule has 0 radical (unpaired) electrons. The van der Waals surface area contributed by atoms with E-state index in [2.05, 4.69) is 9.98 Å². The number of carbonyl (C=O) groups excluding carboxylic acids is 1. The van der Waals surface area contributed by atoms with Crippen LogP contribution in [0.1, 0.15) is 41.6 Å². The molecule has 0 amide bonds. The highest BCUT2D eigenvalue weighted by Gasteiger charge is 2.39. The van der Waals surface area contributed by atoms with E-state index in [-0.39, 0.29) is 30.6 Å². The van der Waals surface area contributed by atoms with Gasteiger partial charge in [-0.25, -0.2) is 4.99 Å². The second kappa shape index (κ2) is 8.73. The van der Waals surface area contributed by atoms with Crippen molar-refractivity contribution in [1.82, 2.24) is 4.98 Å². The van der Waals surface area contributed by atoms with E-state index in [4.69, 9.17) is 9.84 Å². The molecule has 3 rings (SSSR count). The number of aliphatic imine (C=N–C) groups is 1. The van der Waals surface area contributed by atoms with Crippen molar-refractivity contribution in [3.63, 3.8) is 0 Å². The summed E-state index contributed by atoms with van der Waals surface area (Å²) in [5, 5.41) is 9.03. The number of fused-ring (bicyclic) bond motifs is 1. The summed E-state index contributed by atoms with van der Waals surface area (Å²) < 4.78 is 42.1. The number of carbonyl (C=O) groups is 1. The Morgan fingerprint density at radius 2 is 2.00 bits per heavy atom. The predicted octanol–water partition coefficient (Wildman–Crippen LogP) is 3.59. The van der Waals surface area contributed by atoms with Crippen molar-refractivity contribution in [3.8, 4) is 0 Å². The number of halogens is 3. The Balaban J connectivity index is 1.57. The van der Waals surface area contributed by atoms with Gasteiger partial charge in [0.05, 0.1) is 12.1 Å². The minimum absolute atomic E-state index is 0.0198. The zero-order valence-corrected chi connectivity index (χ0v) is 15.8. The molecule has 2 heterocycles. The van der Waals surface area contributed by atoms with Crippen LogP contribution in [0.4, 0.5) is 13.2 Å². The number of pyridine rings is 1. The van der Waals surface area contributed by atoms with Gasteiger partial charge >= 0.3 is 6.18 Å². The van der Waals surface area contributed by atoms with Crippen molar-refractivity contribution in [2.45, 2.75) is 44.5 Å². The molecule has 1 aliphatic heterocycles. The average molecular weight is 406 g/mol. The Morgan fingerprint density at radius 3 is 2.69 bits per heavy atom. The van der Waals surface area contributed by atoms with Gasteiger partial charge in [-0.1, -0.05) is 37.3 Å². The third kappa shape index (κ3) is 5.41. The van der Waals surface area contributed by atoms with Gasteiger partial charge in [0.25, 0.3) is 0 Å². The van der Waals surface area contributed by atoms with E-state index in [1.54, 1.807) is 6.07 Å². The lowest BCUT2D eigenvalue weighted by molar-refractivity contribution is -0.211. The lowest BCUT2D eigenvalue weighted by atomic mass is 9.94. The van der Waals surface area contributed by atoms with E-state index in [0.29, 0.717) is 17.7 Å². The molecule has 0 aliphatic carbocycles. The van der Waals surface area contributed by atoms with Crippen LogP contribution in [-0.2, 0) is 22.5 Å². The van der Waals surface area contributed by atoms with Crippen LogP contribution < -0.4 is 0 Å². The number of alkyl halides is 3. The Hall–Kier alpha value is -2.74. The summed E-state index contributed by atoms with van der Waals surface area (Å²) >= 11 is 0. The van der Waals surface area contributed by atoms with Gasteiger partial charge in [-0.3, -0.25) is 9.78 Å². The number of hydrogen-bond acceptors (Lipinski definition) is 5. The van der Waals surface area contributed by atoms with Crippen LogP contribution in [0.2, 0.25) is 0 Å². The van der Waals surface area contributed by atoms with Gasteiger partial charge in [-0.2, -0.15) is 13.2 Å². The van der Waals surface area contributed by atoms with Crippen molar-refractivity contribution < 1.29 is 27.8 Å². The van der Waals surface area contributed by atoms with Crippen molar-refractivity contribution in [2.75, 3.05) is 6.61 Å². The van der Waals surface area contributed by atoms with E-state index >= 15 is 0 Å². The number of benzene rings is 1. The molecule has 0 unspecified atom stereocenters. The standard InChI is InChI=1S/C21H21F3N2O3/c1-13(14-5-3-2-4-6-14)7-17(27)9-16-8-15-10-26-20(18(15)11-25-16)29-12-19(28)21(22,23)24/h2-6,8,11,13,19,28H,7,9-10,12H2,1H3/t13-,19-/m0/s1. The highest BCUT2D eigenvalue weighted by atomic mass is 19.4. The monoisotopic (exact) mass is 406 g/mol. The lowest BCUT2D eigenvalue weighted by Gasteiger charge is -2.15. The Morgan fingerprint density at radius 1 is 1.28 bits per heavy atom. The van der Waals surface area contributed by atoms with E-state index in [1.807, 2.05) is 37.3 Å². The number of rotatable bonds is 7. The van der Waals surface area contributed by atoms with Crippen molar-refractivity contribution in [3.05, 3.63) is 65.0 Å². The quantitative estimate of drug-likeness (QED) is 0.763. The molecule has 29 heavy (non-hydrogen) atoms. The molecule has 0 fully saturated rings. The second-order valence-electron chi connectivity index (χ2n) is 7.05. The van der Waals surface area contributed by atoms with Gasteiger partial charge in [0.15, 0.2) is 6.10 Å². The minimum Gasteiger partial charge on any atom is -0.474 e. The summed E-state index contributed by atoms with van der Waals surface area (Å²) in [6.45, 7) is 1.30. The Labute approximate surface area is 166 Å². The predicted molar refractivity (Wildman–Crippen MR) is 101 cm³/mol. The first-order valence-electron chi connectivity index (χ1n) is 9.21. The molecule has 154 valence electrons. The molecule has 5 nitrogen and oxygen atoms in total. The maximum atomic E-state index is 12.4. The van der Waals surface area contributed by atoms with Gasteiger partial charge < -0.3 is 9.84 Å². The number of Topliss-reactive ketones (excluding diaryl/α,β-unsaturated/α-hetero) is 1. The molecule has 2 atom stereocenters. The fraction of sp³-hybridized carbons (Fsp3) is 0.381. The maximum Gasteiger partial charge on any atom is 0.417 e. The first-order valence-corrected chi connectivity index (χ1v) is 9.21. The largest absolute Gasteiger partial charge is 0.474 e. The number of aliphatic hydroxyl groups is 1. The summed E-state index contributed by atoms with van der Waals surface area (Å²) in [5.41, 5.74) is 2.89. The molecular formula is C21H21F3N2O3. The Kier molecular flexibility index (Phi) is 6.32. The number of ketones is 1. The van der Waals surface area contributed by atoms with Gasteiger partial charge in [-0.05, 0) is 23.1 Å². The summed E-state index contributed by atoms with van der Waals surface area (Å²) in [5.74, 6) is 0.172. The van der Waals surface area contributed by atoms with Crippen LogP contribution >= 0.6 is 0 Å². The van der Waals surface area contributed by atoms with Gasteiger partial charge in [0.2, 0.25) is 5.90 Å². The minimum atomic E-state index is -4.75. The smallest absolute Gasteiger partial charge is 0.417 e. The van der Waals surface area contributed by atoms with Crippen LogP contribution in [-0.4, -0.2) is 40.7 Å². The van der Waals surface area contributed by atoms with Gasteiger partial charge in [0, 0.05) is 24.7 Å². The molecular weight excluding hydrogens is 385 g/mol. The van der Waals surface area contributed by atoms with Crippen LogP contribution in [0.15, 0.2) is 47.6 Å². The molecule has 1 N–H and O–H groups in total. The van der Waals surface area contributed by atoms with Crippen LogP contribution in [0, 0.1) is 0 Å². The van der Waals surface area contributed by atoms with Crippen molar-refractivity contribution in [2.24, 2.45) is 4.99 Å². The molecule has 0 saturated heterocycles. The highest BCUT2D eigenvalue weighted by Crippen LogP contribution is 2.24. The lowest BCUT2D eigenvalue weighted by Crippen LogP contribution is -2.33. The van der Waals surface area contributed by atoms with E-state index in [9.17, 15) is 18.0 Å². The third-order valence-corrected chi connectivity index (χ3v) is 4.71. The third-order valence-electron chi connectivity index (χ3n) is 4.71. The second-order valence-corrected chi connectivity index (χ2v) is 7.05. The number of nitrogens with zero attached hydrogens (tertiary/aromatic N) is 2. The zero-order chi connectivity index (χ0) is 21.0. The van der Waals surface area contributed by atoms with E-state index < -0.39 is 18.9 Å². The first-order chi connectivity index (χ1) is 13.7. The molecule has 1 aliphatic rings. The maximum absolute atomic E-state index is 12.4. The van der Waals surface area contributed by atoms with Crippen LogP contribution in [0.5, 0.6) is 0 Å². The summed E-state index contributed by atoms with van der Waals surface area (Å²) in [7, 11) is 0. The topological polar surface area (TPSA) is 71.8 Å². The number of ether oxygens (including phenoxy) is 1. The van der Waals surface area contributed by atoms with Crippen molar-refractivity contribution in [1.29, 1.82) is 0 Å². The molecule has 8 heteroatoms. The van der Waals surface area contributed by atoms with Crippen LogP contribution in [0.25, 0.3) is 0 Å². The van der Waals surface area contributed by atoms with Crippen molar-refractivity contribution >= 4 is 11.7 Å².